The molecule has 3 rings (SSSR count). The van der Waals surface area contributed by atoms with Crippen LogP contribution in [0.4, 0.5) is 0 Å². The predicted octanol–water partition coefficient (Wildman–Crippen LogP) is 6.52. The summed E-state index contributed by atoms with van der Waals surface area (Å²) in [6, 6.07) is 9.99. The number of ether oxygens (including phenoxy) is 3. The molecule has 8 heteroatoms. The highest BCUT2D eigenvalue weighted by atomic mass is 32.2. The van der Waals surface area contributed by atoms with E-state index in [0.717, 1.165) is 17.5 Å². The van der Waals surface area contributed by atoms with Crippen LogP contribution < -0.4 is 9.47 Å². The second kappa shape index (κ2) is 13.6. The Bertz CT molecular complexity index is 1190. The van der Waals surface area contributed by atoms with Gasteiger partial charge in [-0.15, -0.1) is 0 Å². The van der Waals surface area contributed by atoms with Gasteiger partial charge in [0.2, 0.25) is 0 Å². The predicted molar refractivity (Wildman–Crippen MR) is 153 cm³/mol. The van der Waals surface area contributed by atoms with E-state index in [0.29, 0.717) is 53.5 Å². The fourth-order valence-corrected chi connectivity index (χ4v) is 5.16. The van der Waals surface area contributed by atoms with Crippen LogP contribution in [0.1, 0.15) is 60.9 Å². The largest absolute Gasteiger partial charge is 0.490 e. The summed E-state index contributed by atoms with van der Waals surface area (Å²) in [5.41, 5.74) is 5.65. The third-order valence-electron chi connectivity index (χ3n) is 6.00. The Morgan fingerprint density at radius 3 is 2.51 bits per heavy atom. The van der Waals surface area contributed by atoms with Crippen molar-refractivity contribution in [3.8, 4) is 11.5 Å². The van der Waals surface area contributed by atoms with Crippen LogP contribution in [0.3, 0.4) is 0 Å². The van der Waals surface area contributed by atoms with Crippen LogP contribution in [-0.2, 0) is 20.9 Å². The zero-order valence-electron chi connectivity index (χ0n) is 22.2. The Morgan fingerprint density at radius 1 is 1.03 bits per heavy atom. The lowest BCUT2D eigenvalue weighted by Gasteiger charge is -2.15. The highest BCUT2D eigenvalue weighted by Gasteiger charge is 2.31. The van der Waals surface area contributed by atoms with E-state index >= 15 is 0 Å². The number of hydrogen-bond acceptors (Lipinski definition) is 7. The summed E-state index contributed by atoms with van der Waals surface area (Å²) in [6.07, 6.45) is 3.36. The molecule has 0 N–H and O–H groups in total. The summed E-state index contributed by atoms with van der Waals surface area (Å²) < 4.78 is 17.6. The lowest BCUT2D eigenvalue weighted by molar-refractivity contribution is -0.144. The van der Waals surface area contributed by atoms with E-state index in [1.807, 2.05) is 38.1 Å². The van der Waals surface area contributed by atoms with Gasteiger partial charge in [-0.1, -0.05) is 49.1 Å². The zero-order valence-corrected chi connectivity index (χ0v) is 23.9. The molecular formula is C29H35NO5S2. The number of esters is 1. The van der Waals surface area contributed by atoms with E-state index in [4.69, 9.17) is 26.4 Å². The van der Waals surface area contributed by atoms with Gasteiger partial charge >= 0.3 is 5.97 Å². The summed E-state index contributed by atoms with van der Waals surface area (Å²) in [7, 11) is 0. The topological polar surface area (TPSA) is 65.1 Å². The SMILES string of the molecule is CCCOC(=O)CCCN1C(=O)/C(=C\c2ccc(OCc3cc(C)c(C)cc3C)c(OCC)c2)SC1=S. The molecule has 0 aromatic heterocycles. The average Bonchev–Trinajstić information content (AvgIpc) is 3.12. The molecule has 0 bridgehead atoms. The van der Waals surface area contributed by atoms with Crippen LogP contribution in [0.2, 0.25) is 0 Å². The lowest BCUT2D eigenvalue weighted by atomic mass is 10.0. The van der Waals surface area contributed by atoms with Gasteiger partial charge in [-0.2, -0.15) is 0 Å². The maximum atomic E-state index is 13.0. The second-order valence-electron chi connectivity index (χ2n) is 8.95. The van der Waals surface area contributed by atoms with E-state index in [-0.39, 0.29) is 18.3 Å². The van der Waals surface area contributed by atoms with Crippen molar-refractivity contribution in [1.29, 1.82) is 0 Å². The molecule has 6 nitrogen and oxygen atoms in total. The molecular weight excluding hydrogens is 506 g/mol. The van der Waals surface area contributed by atoms with Crippen molar-refractivity contribution in [2.45, 2.75) is 60.5 Å². The van der Waals surface area contributed by atoms with Crippen molar-refractivity contribution in [3.05, 3.63) is 63.1 Å². The first-order valence-electron chi connectivity index (χ1n) is 12.6. The Labute approximate surface area is 229 Å². The molecule has 0 saturated carbocycles. The molecule has 1 fully saturated rings. The summed E-state index contributed by atoms with van der Waals surface area (Å²) in [5, 5.41) is 0. The van der Waals surface area contributed by atoms with Crippen molar-refractivity contribution in [2.75, 3.05) is 19.8 Å². The average molecular weight is 542 g/mol. The molecule has 1 heterocycles. The minimum absolute atomic E-state index is 0.152. The molecule has 37 heavy (non-hydrogen) atoms. The number of amides is 1. The number of thiocarbonyl (C=S) groups is 1. The first-order chi connectivity index (χ1) is 17.7. The Hall–Kier alpha value is -2.84. The zero-order chi connectivity index (χ0) is 26.9. The van der Waals surface area contributed by atoms with E-state index < -0.39 is 0 Å². The van der Waals surface area contributed by atoms with Crippen LogP contribution >= 0.6 is 24.0 Å². The van der Waals surface area contributed by atoms with Crippen LogP contribution in [0.15, 0.2) is 35.2 Å². The van der Waals surface area contributed by atoms with Gasteiger partial charge in [0.15, 0.2) is 11.5 Å². The molecule has 198 valence electrons. The van der Waals surface area contributed by atoms with Gasteiger partial charge in [0.1, 0.15) is 10.9 Å². The number of carbonyl (C=O) groups is 2. The standard InChI is InChI=1S/C29H35NO5S2/c1-6-13-34-27(31)9-8-12-30-28(32)26(37-29(30)36)17-22-10-11-24(25(16-22)33-7-2)35-18-23-15-20(4)19(3)14-21(23)5/h10-11,14-17H,6-9,12-13,18H2,1-5H3/b26-17+. The maximum absolute atomic E-state index is 13.0. The highest BCUT2D eigenvalue weighted by Crippen LogP contribution is 2.35. The first-order valence-corrected chi connectivity index (χ1v) is 13.8. The number of hydrogen-bond donors (Lipinski definition) is 0. The molecule has 1 amide bonds. The smallest absolute Gasteiger partial charge is 0.305 e. The molecule has 0 radical (unpaired) electrons. The molecule has 2 aromatic rings. The minimum atomic E-state index is -0.249. The van der Waals surface area contributed by atoms with Crippen LogP contribution in [0.5, 0.6) is 11.5 Å². The quantitative estimate of drug-likeness (QED) is 0.172. The number of carbonyl (C=O) groups excluding carboxylic acids is 2. The van der Waals surface area contributed by atoms with E-state index in [1.54, 1.807) is 4.90 Å². The second-order valence-corrected chi connectivity index (χ2v) is 10.6. The van der Waals surface area contributed by atoms with Crippen LogP contribution in [-0.4, -0.2) is 40.9 Å². The Kier molecular flexibility index (Phi) is 10.6. The van der Waals surface area contributed by atoms with Gasteiger partial charge in [0.25, 0.3) is 5.91 Å². The molecule has 1 saturated heterocycles. The number of rotatable bonds is 12. The highest BCUT2D eigenvalue weighted by molar-refractivity contribution is 8.26. The molecule has 2 aromatic carbocycles. The Balaban J connectivity index is 1.68. The number of nitrogens with zero attached hydrogens (tertiary/aromatic N) is 1. The maximum Gasteiger partial charge on any atom is 0.305 e. The number of aryl methyl sites for hydroxylation is 3. The molecule has 0 unspecified atom stereocenters. The molecule has 0 aliphatic carbocycles. The third-order valence-corrected chi connectivity index (χ3v) is 7.38. The van der Waals surface area contributed by atoms with Crippen LogP contribution in [0, 0.1) is 20.8 Å². The van der Waals surface area contributed by atoms with Gasteiger partial charge in [0, 0.05) is 13.0 Å². The van der Waals surface area contributed by atoms with Crippen molar-refractivity contribution >= 4 is 46.3 Å². The van der Waals surface area contributed by atoms with E-state index in [9.17, 15) is 9.59 Å². The molecule has 0 spiro atoms. The van der Waals surface area contributed by atoms with E-state index in [2.05, 4.69) is 32.9 Å². The van der Waals surface area contributed by atoms with Crippen LogP contribution in [0.25, 0.3) is 6.08 Å². The number of benzene rings is 2. The molecule has 1 aliphatic rings. The van der Waals surface area contributed by atoms with Crippen molar-refractivity contribution < 1.29 is 23.8 Å². The van der Waals surface area contributed by atoms with Gasteiger partial charge < -0.3 is 14.2 Å². The van der Waals surface area contributed by atoms with E-state index in [1.165, 1.54) is 28.5 Å². The monoisotopic (exact) mass is 541 g/mol. The molecule has 1 aliphatic heterocycles. The van der Waals surface area contributed by atoms with Gasteiger partial charge in [0.05, 0.1) is 18.1 Å². The lowest BCUT2D eigenvalue weighted by Crippen LogP contribution is -2.29. The summed E-state index contributed by atoms with van der Waals surface area (Å²) in [5.74, 6) is 0.875. The fraction of sp³-hybridized carbons (Fsp3) is 0.414. The van der Waals surface area contributed by atoms with Crippen molar-refractivity contribution in [2.24, 2.45) is 0 Å². The summed E-state index contributed by atoms with van der Waals surface area (Å²) in [6.45, 7) is 11.9. The van der Waals surface area contributed by atoms with Gasteiger partial charge in [-0.05, 0) is 86.6 Å². The fourth-order valence-electron chi connectivity index (χ4n) is 3.85. The molecule has 0 atom stereocenters. The first kappa shape index (κ1) is 28.7. The van der Waals surface area contributed by atoms with Crippen molar-refractivity contribution in [3.63, 3.8) is 0 Å². The summed E-state index contributed by atoms with van der Waals surface area (Å²) >= 11 is 6.69. The number of thioether (sulfide) groups is 1. The summed E-state index contributed by atoms with van der Waals surface area (Å²) in [4.78, 5) is 26.8. The van der Waals surface area contributed by atoms with Gasteiger partial charge in [-0.3, -0.25) is 14.5 Å². The van der Waals surface area contributed by atoms with Gasteiger partial charge in [-0.25, -0.2) is 0 Å². The Morgan fingerprint density at radius 2 is 1.78 bits per heavy atom. The third kappa shape index (κ3) is 7.82. The minimum Gasteiger partial charge on any atom is -0.490 e. The normalized spacial score (nSPS) is 14.4. The van der Waals surface area contributed by atoms with Crippen molar-refractivity contribution in [1.82, 2.24) is 4.90 Å².